The minimum Gasteiger partial charge on any atom is -0.361 e. The van der Waals surface area contributed by atoms with E-state index in [2.05, 4.69) is 15.4 Å². The zero-order valence-electron chi connectivity index (χ0n) is 13.8. The maximum Gasteiger partial charge on any atom is 0.227 e. The lowest BCUT2D eigenvalue weighted by Crippen LogP contribution is -2.31. The number of carbonyl (C=O) groups excluding carboxylic acids is 1. The number of halogens is 1. The Bertz CT molecular complexity index is 701. The zero-order chi connectivity index (χ0) is 16.9. The third kappa shape index (κ3) is 4.41. The second-order valence-corrected chi connectivity index (χ2v) is 6.40. The van der Waals surface area contributed by atoms with Crippen molar-refractivity contribution in [3.8, 4) is 0 Å². The lowest BCUT2D eigenvalue weighted by molar-refractivity contribution is -0.120. The van der Waals surface area contributed by atoms with Gasteiger partial charge in [-0.1, -0.05) is 23.4 Å². The van der Waals surface area contributed by atoms with Crippen LogP contribution in [-0.2, 0) is 17.8 Å². The Kier molecular flexibility index (Phi) is 5.25. The molecular formula is C18H22FN3O2. The predicted molar refractivity (Wildman–Crippen MR) is 87.7 cm³/mol. The van der Waals surface area contributed by atoms with E-state index in [0.717, 1.165) is 30.8 Å². The Morgan fingerprint density at radius 1 is 1.46 bits per heavy atom. The summed E-state index contributed by atoms with van der Waals surface area (Å²) in [6.45, 7) is 4.88. The third-order valence-corrected chi connectivity index (χ3v) is 4.32. The summed E-state index contributed by atoms with van der Waals surface area (Å²) in [7, 11) is 0. The van der Waals surface area contributed by atoms with Crippen LogP contribution in [0.1, 0.15) is 23.4 Å². The molecule has 0 spiro atoms. The molecule has 2 aromatic rings. The van der Waals surface area contributed by atoms with E-state index in [0.29, 0.717) is 24.8 Å². The minimum absolute atomic E-state index is 0.0568. The van der Waals surface area contributed by atoms with Crippen molar-refractivity contribution in [3.05, 3.63) is 53.2 Å². The summed E-state index contributed by atoms with van der Waals surface area (Å²) in [6.07, 6.45) is 1.22. The molecule has 1 fully saturated rings. The number of amides is 1. The highest BCUT2D eigenvalue weighted by Gasteiger charge is 2.23. The molecule has 5 nitrogen and oxygen atoms in total. The summed E-state index contributed by atoms with van der Waals surface area (Å²) >= 11 is 0. The molecule has 1 aliphatic rings. The van der Waals surface area contributed by atoms with Gasteiger partial charge in [0.1, 0.15) is 11.6 Å². The van der Waals surface area contributed by atoms with Crippen molar-refractivity contribution < 1.29 is 13.7 Å². The van der Waals surface area contributed by atoms with Gasteiger partial charge in [-0.2, -0.15) is 0 Å². The molecule has 1 aromatic heterocycles. The van der Waals surface area contributed by atoms with Crippen molar-refractivity contribution in [1.82, 2.24) is 15.4 Å². The van der Waals surface area contributed by atoms with Crippen LogP contribution in [0.15, 0.2) is 34.9 Å². The molecule has 1 N–H and O–H groups in total. The summed E-state index contributed by atoms with van der Waals surface area (Å²) in [6, 6.07) is 8.65. The Hall–Kier alpha value is -2.21. The van der Waals surface area contributed by atoms with Crippen LogP contribution in [0.2, 0.25) is 0 Å². The van der Waals surface area contributed by atoms with Gasteiger partial charge in [-0.3, -0.25) is 9.69 Å². The molecule has 1 aromatic carbocycles. The number of nitrogens with one attached hydrogen (secondary N) is 1. The van der Waals surface area contributed by atoms with Gasteiger partial charge < -0.3 is 9.84 Å². The van der Waals surface area contributed by atoms with Gasteiger partial charge in [0.05, 0.1) is 12.1 Å². The number of aryl methyl sites for hydroxylation is 1. The molecular weight excluding hydrogens is 309 g/mol. The van der Waals surface area contributed by atoms with Crippen LogP contribution < -0.4 is 5.32 Å². The van der Waals surface area contributed by atoms with Crippen molar-refractivity contribution in [2.24, 2.45) is 5.92 Å². The number of nitrogens with zero attached hydrogens (tertiary/aromatic N) is 2. The number of benzene rings is 1. The van der Waals surface area contributed by atoms with Crippen molar-refractivity contribution in [2.45, 2.75) is 26.3 Å². The first-order chi connectivity index (χ1) is 11.6. The van der Waals surface area contributed by atoms with Crippen LogP contribution in [0.4, 0.5) is 4.39 Å². The summed E-state index contributed by atoms with van der Waals surface area (Å²) < 4.78 is 18.8. The standard InChI is InChI=1S/C18H22FN3O2/c1-13-8-16(24-21-13)9-18(23)20-10-14-6-7-22(11-14)12-15-4-2-3-5-17(15)19/h2-5,8,14H,6-7,9-12H2,1H3,(H,20,23). The van der Waals surface area contributed by atoms with E-state index in [9.17, 15) is 9.18 Å². The summed E-state index contributed by atoms with van der Waals surface area (Å²) in [5.74, 6) is 0.769. The van der Waals surface area contributed by atoms with E-state index in [1.54, 1.807) is 12.1 Å². The first kappa shape index (κ1) is 16.6. The fourth-order valence-electron chi connectivity index (χ4n) is 3.07. The van der Waals surface area contributed by atoms with Crippen LogP contribution in [0, 0.1) is 18.7 Å². The second-order valence-electron chi connectivity index (χ2n) is 6.40. The van der Waals surface area contributed by atoms with Gasteiger partial charge in [-0.15, -0.1) is 0 Å². The molecule has 1 atom stereocenters. The van der Waals surface area contributed by atoms with E-state index in [-0.39, 0.29) is 18.1 Å². The molecule has 0 bridgehead atoms. The fraction of sp³-hybridized carbons (Fsp3) is 0.444. The number of rotatable bonds is 6. The van der Waals surface area contributed by atoms with Crippen LogP contribution in [0.25, 0.3) is 0 Å². The molecule has 24 heavy (non-hydrogen) atoms. The fourth-order valence-corrected chi connectivity index (χ4v) is 3.07. The monoisotopic (exact) mass is 331 g/mol. The van der Waals surface area contributed by atoms with E-state index in [1.165, 1.54) is 6.07 Å². The lowest BCUT2D eigenvalue weighted by atomic mass is 10.1. The van der Waals surface area contributed by atoms with E-state index >= 15 is 0 Å². The summed E-state index contributed by atoms with van der Waals surface area (Å²) in [4.78, 5) is 14.2. The molecule has 3 rings (SSSR count). The molecule has 2 heterocycles. The van der Waals surface area contributed by atoms with E-state index in [1.807, 2.05) is 19.1 Å². The molecule has 128 valence electrons. The maximum atomic E-state index is 13.7. The highest BCUT2D eigenvalue weighted by atomic mass is 19.1. The lowest BCUT2D eigenvalue weighted by Gasteiger charge is -2.16. The molecule has 0 saturated carbocycles. The van der Waals surface area contributed by atoms with Gasteiger partial charge in [-0.25, -0.2) is 4.39 Å². The quantitative estimate of drug-likeness (QED) is 0.882. The van der Waals surface area contributed by atoms with Gasteiger partial charge in [0.2, 0.25) is 5.91 Å². The molecule has 6 heteroatoms. The van der Waals surface area contributed by atoms with Crippen molar-refractivity contribution >= 4 is 5.91 Å². The van der Waals surface area contributed by atoms with Gasteiger partial charge in [0.25, 0.3) is 0 Å². The first-order valence-electron chi connectivity index (χ1n) is 8.25. The van der Waals surface area contributed by atoms with Gasteiger partial charge in [0.15, 0.2) is 0 Å². The average molecular weight is 331 g/mol. The SMILES string of the molecule is Cc1cc(CC(=O)NCC2CCN(Cc3ccccc3F)C2)on1. The number of carbonyl (C=O) groups is 1. The first-order valence-corrected chi connectivity index (χ1v) is 8.25. The smallest absolute Gasteiger partial charge is 0.227 e. The van der Waals surface area contributed by atoms with Crippen LogP contribution in [0.5, 0.6) is 0 Å². The van der Waals surface area contributed by atoms with Crippen molar-refractivity contribution in [1.29, 1.82) is 0 Å². The Morgan fingerprint density at radius 2 is 2.29 bits per heavy atom. The molecule has 0 aliphatic carbocycles. The normalized spacial score (nSPS) is 18.0. The van der Waals surface area contributed by atoms with E-state index in [4.69, 9.17) is 4.52 Å². The van der Waals surface area contributed by atoms with Gasteiger partial charge >= 0.3 is 0 Å². The van der Waals surface area contributed by atoms with E-state index < -0.39 is 0 Å². The highest BCUT2D eigenvalue weighted by Crippen LogP contribution is 2.19. The van der Waals surface area contributed by atoms with Crippen LogP contribution >= 0.6 is 0 Å². The summed E-state index contributed by atoms with van der Waals surface area (Å²) in [5.41, 5.74) is 1.50. The van der Waals surface area contributed by atoms with Gasteiger partial charge in [-0.05, 0) is 31.9 Å². The highest BCUT2D eigenvalue weighted by molar-refractivity contribution is 5.77. The zero-order valence-corrected chi connectivity index (χ0v) is 13.8. The maximum absolute atomic E-state index is 13.7. The number of aromatic nitrogens is 1. The van der Waals surface area contributed by atoms with Crippen LogP contribution in [-0.4, -0.2) is 35.6 Å². The minimum atomic E-state index is -0.156. The molecule has 0 radical (unpaired) electrons. The average Bonchev–Trinajstić information content (AvgIpc) is 3.17. The van der Waals surface area contributed by atoms with Crippen molar-refractivity contribution in [2.75, 3.05) is 19.6 Å². The second kappa shape index (κ2) is 7.57. The van der Waals surface area contributed by atoms with Gasteiger partial charge in [0, 0.05) is 31.3 Å². The topological polar surface area (TPSA) is 58.4 Å². The Balaban J connectivity index is 1.41. The molecule has 1 unspecified atom stereocenters. The number of hydrogen-bond donors (Lipinski definition) is 1. The third-order valence-electron chi connectivity index (χ3n) is 4.32. The summed E-state index contributed by atoms with van der Waals surface area (Å²) in [5, 5.41) is 6.72. The van der Waals surface area contributed by atoms with Crippen molar-refractivity contribution in [3.63, 3.8) is 0 Å². The Labute approximate surface area is 140 Å². The molecule has 1 saturated heterocycles. The predicted octanol–water partition coefficient (Wildman–Crippen LogP) is 2.30. The van der Waals surface area contributed by atoms with Crippen LogP contribution in [0.3, 0.4) is 0 Å². The largest absolute Gasteiger partial charge is 0.361 e. The number of likely N-dealkylation sites (tertiary alicyclic amines) is 1. The Morgan fingerprint density at radius 3 is 3.04 bits per heavy atom. The number of hydrogen-bond acceptors (Lipinski definition) is 4. The molecule has 1 amide bonds. The molecule has 1 aliphatic heterocycles.